The van der Waals surface area contributed by atoms with Gasteiger partial charge in [0.15, 0.2) is 0 Å². The Bertz CT molecular complexity index is 1910. The molecule has 1 fully saturated rings. The lowest BCUT2D eigenvalue weighted by Crippen LogP contribution is -2.33. The normalized spacial score (nSPS) is 18.8. The van der Waals surface area contributed by atoms with Crippen LogP contribution in [0.3, 0.4) is 0 Å². The SMILES string of the molecule is CCOC(=O)c1ccc(NC(=O)Cn2c3c(sc2=O)C(c2cccc(Cl)c2Cl)C2C(=O)N(c4ccc(Br)cc4)C(=O)C2S3)cc1. The predicted octanol–water partition coefficient (Wildman–Crippen LogP) is 6.59. The number of imide groups is 1. The number of nitrogens with zero attached hydrogens (tertiary/aromatic N) is 2. The molecule has 3 heterocycles. The van der Waals surface area contributed by atoms with E-state index in [1.165, 1.54) is 21.6 Å². The zero-order valence-corrected chi connectivity index (χ0v) is 28.0. The highest BCUT2D eigenvalue weighted by molar-refractivity contribution is 9.10. The van der Waals surface area contributed by atoms with Crippen molar-refractivity contribution in [3.8, 4) is 0 Å². The summed E-state index contributed by atoms with van der Waals surface area (Å²) in [5.74, 6) is -3.44. The first kappa shape index (κ1) is 31.6. The number of fused-ring (bicyclic) bond motifs is 2. The Hall–Kier alpha value is -3.42. The largest absolute Gasteiger partial charge is 0.462 e. The van der Waals surface area contributed by atoms with Gasteiger partial charge in [-0.05, 0) is 67.1 Å². The fourth-order valence-electron chi connectivity index (χ4n) is 5.44. The fourth-order valence-corrected chi connectivity index (χ4v) is 8.90. The van der Waals surface area contributed by atoms with E-state index in [1.54, 1.807) is 61.5 Å². The number of carbonyl (C=O) groups is 4. The summed E-state index contributed by atoms with van der Waals surface area (Å²) in [5, 5.41) is 2.77. The van der Waals surface area contributed by atoms with E-state index in [4.69, 9.17) is 27.9 Å². The first-order valence-electron chi connectivity index (χ1n) is 13.6. The first-order valence-corrected chi connectivity index (χ1v) is 16.9. The van der Waals surface area contributed by atoms with Crippen molar-refractivity contribution in [3.63, 3.8) is 0 Å². The van der Waals surface area contributed by atoms with E-state index >= 15 is 0 Å². The lowest BCUT2D eigenvalue weighted by Gasteiger charge is -2.31. The van der Waals surface area contributed by atoms with Gasteiger partial charge in [0.05, 0.1) is 38.8 Å². The van der Waals surface area contributed by atoms with E-state index in [9.17, 15) is 24.0 Å². The molecule has 230 valence electrons. The molecule has 2 aliphatic rings. The van der Waals surface area contributed by atoms with Crippen LogP contribution in [0.5, 0.6) is 0 Å². The second kappa shape index (κ2) is 12.8. The van der Waals surface area contributed by atoms with Gasteiger partial charge in [-0.25, -0.2) is 9.69 Å². The lowest BCUT2D eigenvalue weighted by atomic mass is 9.83. The van der Waals surface area contributed by atoms with Crippen LogP contribution >= 0.6 is 62.2 Å². The van der Waals surface area contributed by atoms with Gasteiger partial charge in [-0.2, -0.15) is 0 Å². The molecular formula is C31H22BrCl2N3O6S2. The Balaban J connectivity index is 1.36. The Morgan fingerprint density at radius 2 is 1.69 bits per heavy atom. The summed E-state index contributed by atoms with van der Waals surface area (Å²) < 4.78 is 7.09. The Morgan fingerprint density at radius 3 is 2.38 bits per heavy atom. The van der Waals surface area contributed by atoms with Crippen LogP contribution in [0.25, 0.3) is 0 Å². The van der Waals surface area contributed by atoms with Crippen molar-refractivity contribution in [1.82, 2.24) is 4.57 Å². The third-order valence-electron chi connectivity index (χ3n) is 7.43. The molecule has 0 radical (unpaired) electrons. The number of nitrogens with one attached hydrogen (secondary N) is 1. The smallest absolute Gasteiger partial charge is 0.338 e. The van der Waals surface area contributed by atoms with Gasteiger partial charge < -0.3 is 10.1 Å². The molecule has 3 unspecified atom stereocenters. The minimum absolute atomic E-state index is 0.222. The van der Waals surface area contributed by atoms with E-state index in [-0.39, 0.29) is 23.2 Å². The molecule has 9 nitrogen and oxygen atoms in total. The monoisotopic (exact) mass is 745 g/mol. The van der Waals surface area contributed by atoms with Crippen LogP contribution < -0.4 is 15.1 Å². The minimum Gasteiger partial charge on any atom is -0.462 e. The number of carbonyl (C=O) groups excluding carboxylic acids is 4. The van der Waals surface area contributed by atoms with Gasteiger partial charge in [0.25, 0.3) is 0 Å². The average molecular weight is 747 g/mol. The number of ether oxygens (including phenoxy) is 1. The summed E-state index contributed by atoms with van der Waals surface area (Å²) in [5.41, 5.74) is 1.69. The van der Waals surface area contributed by atoms with E-state index in [0.717, 1.165) is 27.6 Å². The van der Waals surface area contributed by atoms with Crippen molar-refractivity contribution in [2.45, 2.75) is 29.7 Å². The molecular weight excluding hydrogens is 725 g/mol. The maximum atomic E-state index is 14.0. The molecule has 1 N–H and O–H groups in total. The molecule has 2 aliphatic heterocycles. The number of thioether (sulfide) groups is 1. The highest BCUT2D eigenvalue weighted by atomic mass is 79.9. The molecule has 45 heavy (non-hydrogen) atoms. The molecule has 0 spiro atoms. The van der Waals surface area contributed by atoms with Crippen molar-refractivity contribution in [2.75, 3.05) is 16.8 Å². The number of hydrogen-bond donors (Lipinski definition) is 1. The lowest BCUT2D eigenvalue weighted by molar-refractivity contribution is -0.122. The van der Waals surface area contributed by atoms with Crippen molar-refractivity contribution >= 4 is 97.3 Å². The molecule has 14 heteroatoms. The minimum atomic E-state index is -0.882. The van der Waals surface area contributed by atoms with Crippen LogP contribution in [0.4, 0.5) is 11.4 Å². The summed E-state index contributed by atoms with van der Waals surface area (Å²) in [6, 6.07) is 18.1. The molecule has 0 saturated carbocycles. The summed E-state index contributed by atoms with van der Waals surface area (Å²) >= 11 is 18.5. The second-order valence-corrected chi connectivity index (χ2v) is 14.0. The van der Waals surface area contributed by atoms with Gasteiger partial charge in [0, 0.05) is 21.0 Å². The molecule has 6 rings (SSSR count). The molecule has 3 amide bonds. The van der Waals surface area contributed by atoms with Gasteiger partial charge in [-0.3, -0.25) is 23.7 Å². The van der Waals surface area contributed by atoms with Crippen molar-refractivity contribution < 1.29 is 23.9 Å². The number of aromatic nitrogens is 1. The third-order valence-corrected chi connectivity index (χ3v) is 11.4. The van der Waals surface area contributed by atoms with Crippen LogP contribution in [0, 0.1) is 5.92 Å². The maximum absolute atomic E-state index is 14.0. The summed E-state index contributed by atoms with van der Waals surface area (Å²) in [4.78, 5) is 67.7. The van der Waals surface area contributed by atoms with Crippen LogP contribution in [0.15, 0.2) is 81.0 Å². The Labute approximate surface area is 283 Å². The third kappa shape index (κ3) is 5.85. The van der Waals surface area contributed by atoms with E-state index in [1.807, 2.05) is 0 Å². The molecule has 1 saturated heterocycles. The van der Waals surface area contributed by atoms with Crippen LogP contribution in [0.1, 0.15) is 33.6 Å². The quantitative estimate of drug-likeness (QED) is 0.168. The van der Waals surface area contributed by atoms with E-state index in [2.05, 4.69) is 21.2 Å². The average Bonchev–Trinajstić information content (AvgIpc) is 3.46. The van der Waals surface area contributed by atoms with Gasteiger partial charge in [0.1, 0.15) is 11.8 Å². The number of amides is 3. The number of anilines is 2. The number of halogens is 3. The standard InChI is InChI=1S/C31H22BrCl2N3O6S2/c1-2-43-30(41)15-6-10-17(11-7-15)35-21(38)14-36-29-26(45-31(36)42)22(19-4-3-5-20(33)24(19)34)23-25(44-29)28(40)37(27(23)39)18-12-8-16(32)9-13-18/h3-13,22-23,25H,2,14H2,1H3,(H,35,38). The van der Waals surface area contributed by atoms with Gasteiger partial charge in [0.2, 0.25) is 17.7 Å². The molecule has 0 bridgehead atoms. The zero-order valence-electron chi connectivity index (χ0n) is 23.3. The first-order chi connectivity index (χ1) is 21.6. The van der Waals surface area contributed by atoms with Crippen molar-refractivity contribution in [3.05, 3.63) is 107 Å². The highest BCUT2D eigenvalue weighted by Gasteiger charge is 2.57. The number of hydrogen-bond acceptors (Lipinski definition) is 8. The maximum Gasteiger partial charge on any atom is 0.338 e. The molecule has 0 aliphatic carbocycles. The number of benzene rings is 3. The van der Waals surface area contributed by atoms with Crippen LogP contribution in [0.2, 0.25) is 10.0 Å². The molecule has 4 aromatic rings. The van der Waals surface area contributed by atoms with Crippen LogP contribution in [-0.2, 0) is 25.7 Å². The zero-order chi connectivity index (χ0) is 32.0. The van der Waals surface area contributed by atoms with Crippen molar-refractivity contribution in [2.24, 2.45) is 5.92 Å². The van der Waals surface area contributed by atoms with Gasteiger partial charge in [-0.15, -0.1) is 0 Å². The summed E-state index contributed by atoms with van der Waals surface area (Å²) in [6.45, 7) is 1.60. The predicted molar refractivity (Wildman–Crippen MR) is 178 cm³/mol. The Kier molecular flexibility index (Phi) is 8.95. The van der Waals surface area contributed by atoms with Gasteiger partial charge >= 0.3 is 10.8 Å². The summed E-state index contributed by atoms with van der Waals surface area (Å²) in [6.07, 6.45) is 0. The molecule has 3 aromatic carbocycles. The molecule has 3 atom stereocenters. The van der Waals surface area contributed by atoms with Gasteiger partial charge in [-0.1, -0.05) is 74.4 Å². The topological polar surface area (TPSA) is 115 Å². The van der Waals surface area contributed by atoms with Crippen molar-refractivity contribution in [1.29, 1.82) is 0 Å². The highest BCUT2D eigenvalue weighted by Crippen LogP contribution is 2.55. The molecule has 1 aromatic heterocycles. The number of esters is 1. The van der Waals surface area contributed by atoms with E-state index in [0.29, 0.717) is 32.4 Å². The second-order valence-electron chi connectivity index (χ2n) is 10.1. The summed E-state index contributed by atoms with van der Waals surface area (Å²) in [7, 11) is 0. The van der Waals surface area contributed by atoms with Crippen LogP contribution in [-0.4, -0.2) is 40.1 Å². The fraction of sp³-hybridized carbons (Fsp3) is 0.194. The number of rotatable bonds is 7. The Morgan fingerprint density at radius 1 is 0.978 bits per heavy atom. The van der Waals surface area contributed by atoms with E-state index < -0.39 is 45.6 Å². The number of thiazole rings is 1.